The third kappa shape index (κ3) is 3.41. The van der Waals surface area contributed by atoms with E-state index in [0.29, 0.717) is 21.3 Å². The molecule has 0 aromatic heterocycles. The van der Waals surface area contributed by atoms with Gasteiger partial charge in [0, 0.05) is 32.4 Å². The Morgan fingerprint density at radius 3 is 2.34 bits per heavy atom. The monoisotopic (exact) mass is 544 g/mol. The Labute approximate surface area is 231 Å². The fourth-order valence-electron chi connectivity index (χ4n) is 6.39. The molecule has 0 bridgehead atoms. The number of fused-ring (bicyclic) bond motifs is 6. The number of halogens is 2. The van der Waals surface area contributed by atoms with E-state index in [2.05, 4.69) is 5.32 Å². The maximum absolute atomic E-state index is 14.6. The van der Waals surface area contributed by atoms with Crippen LogP contribution in [0.5, 0.6) is 0 Å². The van der Waals surface area contributed by atoms with Gasteiger partial charge in [0.15, 0.2) is 11.6 Å². The molecule has 6 rings (SSSR count). The molecule has 38 heavy (non-hydrogen) atoms. The molecule has 5 nitrogen and oxygen atoms in total. The highest BCUT2D eigenvalue weighted by molar-refractivity contribution is 6.31. The van der Waals surface area contributed by atoms with Gasteiger partial charge in [-0.1, -0.05) is 74.3 Å². The third-order valence-electron chi connectivity index (χ3n) is 8.01. The van der Waals surface area contributed by atoms with Crippen LogP contribution >= 0.6 is 23.2 Å². The van der Waals surface area contributed by atoms with E-state index in [4.69, 9.17) is 23.2 Å². The average molecular weight is 545 g/mol. The maximum atomic E-state index is 14.6. The highest BCUT2D eigenvalue weighted by Crippen LogP contribution is 2.58. The van der Waals surface area contributed by atoms with Crippen molar-refractivity contribution in [3.63, 3.8) is 0 Å². The molecule has 1 amide bonds. The lowest BCUT2D eigenvalue weighted by Gasteiger charge is -2.38. The Morgan fingerprint density at radius 2 is 1.63 bits per heavy atom. The molecule has 1 fully saturated rings. The molecule has 3 aliphatic rings. The van der Waals surface area contributed by atoms with Crippen molar-refractivity contribution in [2.75, 3.05) is 10.2 Å². The van der Waals surface area contributed by atoms with Crippen molar-refractivity contribution in [2.45, 2.75) is 38.3 Å². The van der Waals surface area contributed by atoms with Gasteiger partial charge in [0.25, 0.3) is 0 Å². The lowest BCUT2D eigenvalue weighted by atomic mass is 9.63. The number of rotatable bonds is 3. The van der Waals surface area contributed by atoms with Gasteiger partial charge in [-0.3, -0.25) is 14.4 Å². The molecule has 4 atom stereocenters. The number of anilines is 2. The van der Waals surface area contributed by atoms with Gasteiger partial charge in [-0.15, -0.1) is 0 Å². The second-order valence-electron chi connectivity index (χ2n) is 11.2. The number of nitrogens with one attached hydrogen (secondary N) is 1. The normalized spacial score (nSPS) is 25.1. The second kappa shape index (κ2) is 8.55. The van der Waals surface area contributed by atoms with Crippen LogP contribution in [0.3, 0.4) is 0 Å². The van der Waals surface area contributed by atoms with Gasteiger partial charge in [0.05, 0.1) is 12.0 Å². The van der Waals surface area contributed by atoms with E-state index in [0.717, 1.165) is 16.8 Å². The molecule has 3 aromatic carbocycles. The summed E-state index contributed by atoms with van der Waals surface area (Å²) in [6, 6.07) is 18.1. The zero-order valence-corrected chi connectivity index (χ0v) is 22.7. The van der Waals surface area contributed by atoms with Crippen LogP contribution < -0.4 is 10.2 Å². The summed E-state index contributed by atoms with van der Waals surface area (Å²) in [4.78, 5) is 45.1. The number of benzene rings is 3. The second-order valence-corrected chi connectivity index (χ2v) is 12.1. The van der Waals surface area contributed by atoms with Crippen molar-refractivity contribution in [2.24, 2.45) is 11.3 Å². The van der Waals surface area contributed by atoms with Crippen molar-refractivity contribution in [1.82, 2.24) is 0 Å². The molecule has 1 saturated heterocycles. The predicted molar refractivity (Wildman–Crippen MR) is 151 cm³/mol. The lowest BCUT2D eigenvalue weighted by molar-refractivity contribution is -0.128. The van der Waals surface area contributed by atoms with Gasteiger partial charge in [-0.2, -0.15) is 0 Å². The summed E-state index contributed by atoms with van der Waals surface area (Å²) in [5, 5.41) is 4.10. The first-order valence-electron chi connectivity index (χ1n) is 12.6. The summed E-state index contributed by atoms with van der Waals surface area (Å²) in [5.74, 6) is -1.66. The number of carbonyl (C=O) groups is 3. The molecular weight excluding hydrogens is 519 g/mol. The van der Waals surface area contributed by atoms with E-state index >= 15 is 0 Å². The largest absolute Gasteiger partial charge is 0.352 e. The average Bonchev–Trinajstić information content (AvgIpc) is 3.35. The SMILES string of the molecule is CC(C)(C)C(=O)[C@@H]1[C@H](C(=O)c2ccc(Cl)cc2)[C@@]2(C(=O)Nc3ccccc32)[C@H]2C=Cc3cc(Cl)ccc3N12. The molecule has 0 radical (unpaired) electrons. The summed E-state index contributed by atoms with van der Waals surface area (Å²) < 4.78 is 0. The molecule has 3 heterocycles. The Bertz CT molecular complexity index is 1540. The Kier molecular flexibility index (Phi) is 5.60. The van der Waals surface area contributed by atoms with Crippen molar-refractivity contribution in [3.05, 3.63) is 99.5 Å². The van der Waals surface area contributed by atoms with E-state index in [-0.39, 0.29) is 17.5 Å². The Morgan fingerprint density at radius 1 is 0.947 bits per heavy atom. The zero-order valence-electron chi connectivity index (χ0n) is 21.2. The van der Waals surface area contributed by atoms with Crippen molar-refractivity contribution < 1.29 is 14.4 Å². The van der Waals surface area contributed by atoms with Crippen LogP contribution in [-0.2, 0) is 15.0 Å². The van der Waals surface area contributed by atoms with Crippen LogP contribution in [0.4, 0.5) is 11.4 Å². The van der Waals surface area contributed by atoms with Crippen LogP contribution in [0, 0.1) is 11.3 Å². The number of para-hydroxylation sites is 1. The number of Topliss-reactive ketones (excluding diaryl/α,β-unsaturated/α-hetero) is 2. The zero-order chi connectivity index (χ0) is 27.0. The number of amides is 1. The quantitative estimate of drug-likeness (QED) is 0.378. The van der Waals surface area contributed by atoms with Crippen LogP contribution in [0.25, 0.3) is 6.08 Å². The first-order chi connectivity index (χ1) is 18.0. The predicted octanol–water partition coefficient (Wildman–Crippen LogP) is 6.58. The lowest BCUT2D eigenvalue weighted by Crippen LogP contribution is -2.51. The molecular formula is C31H26Cl2N2O3. The summed E-state index contributed by atoms with van der Waals surface area (Å²) in [6.07, 6.45) is 3.88. The molecule has 0 aliphatic carbocycles. The van der Waals surface area contributed by atoms with Crippen LogP contribution in [0.15, 0.2) is 72.8 Å². The molecule has 1 N–H and O–H groups in total. The number of ketones is 2. The molecule has 1 spiro atoms. The molecule has 0 saturated carbocycles. The first kappa shape index (κ1) is 24.9. The maximum Gasteiger partial charge on any atom is 0.238 e. The summed E-state index contributed by atoms with van der Waals surface area (Å²) in [5.41, 5.74) is 1.29. The van der Waals surface area contributed by atoms with Crippen LogP contribution in [0.2, 0.25) is 10.0 Å². The van der Waals surface area contributed by atoms with Gasteiger partial charge >= 0.3 is 0 Å². The van der Waals surface area contributed by atoms with Crippen LogP contribution in [0.1, 0.15) is 42.3 Å². The molecule has 0 unspecified atom stereocenters. The highest BCUT2D eigenvalue weighted by atomic mass is 35.5. The fourth-order valence-corrected chi connectivity index (χ4v) is 6.69. The van der Waals surface area contributed by atoms with E-state index in [1.807, 2.05) is 74.2 Å². The minimum Gasteiger partial charge on any atom is -0.352 e. The van der Waals surface area contributed by atoms with E-state index in [1.165, 1.54) is 0 Å². The Balaban J connectivity index is 1.68. The van der Waals surface area contributed by atoms with Crippen molar-refractivity contribution in [3.8, 4) is 0 Å². The van der Waals surface area contributed by atoms with E-state index < -0.39 is 28.8 Å². The van der Waals surface area contributed by atoms with E-state index in [9.17, 15) is 14.4 Å². The first-order valence-corrected chi connectivity index (χ1v) is 13.3. The molecule has 7 heteroatoms. The molecule has 3 aliphatic heterocycles. The van der Waals surface area contributed by atoms with Gasteiger partial charge in [0.2, 0.25) is 5.91 Å². The van der Waals surface area contributed by atoms with Crippen molar-refractivity contribution >= 4 is 58.1 Å². The summed E-state index contributed by atoms with van der Waals surface area (Å²) >= 11 is 12.5. The highest BCUT2D eigenvalue weighted by Gasteiger charge is 2.70. The Hall–Kier alpha value is -3.41. The molecule has 3 aromatic rings. The number of carbonyl (C=O) groups excluding carboxylic acids is 3. The smallest absolute Gasteiger partial charge is 0.238 e. The van der Waals surface area contributed by atoms with Gasteiger partial charge < -0.3 is 10.2 Å². The summed E-state index contributed by atoms with van der Waals surface area (Å²) in [7, 11) is 0. The van der Waals surface area contributed by atoms with Gasteiger partial charge in [-0.05, 0) is 59.7 Å². The van der Waals surface area contributed by atoms with Crippen LogP contribution in [-0.4, -0.2) is 29.6 Å². The topological polar surface area (TPSA) is 66.5 Å². The molecule has 192 valence electrons. The summed E-state index contributed by atoms with van der Waals surface area (Å²) in [6.45, 7) is 5.55. The number of nitrogens with zero attached hydrogens (tertiary/aromatic N) is 1. The standard InChI is InChI=1S/C31H26Cl2N2O3/c1-30(2,3)28(37)26-25(27(36)17-8-11-19(32)12-9-17)31(21-6-4-5-7-22(21)34-29(31)38)24-15-10-18-16-20(33)13-14-23(18)35(24)26/h4-16,24-26H,1-3H3,(H,34,38)/t24-,25-,26+,31+/m1/s1. The van der Waals surface area contributed by atoms with Crippen molar-refractivity contribution in [1.29, 1.82) is 0 Å². The minimum absolute atomic E-state index is 0.111. The third-order valence-corrected chi connectivity index (χ3v) is 8.50. The van der Waals surface area contributed by atoms with Gasteiger partial charge in [0.1, 0.15) is 11.5 Å². The van der Waals surface area contributed by atoms with Gasteiger partial charge in [-0.25, -0.2) is 0 Å². The van der Waals surface area contributed by atoms with E-state index in [1.54, 1.807) is 30.3 Å². The minimum atomic E-state index is -1.33. The number of hydrogen-bond donors (Lipinski definition) is 1. The number of hydrogen-bond acceptors (Lipinski definition) is 4. The fraction of sp³-hybridized carbons (Fsp3) is 0.258.